The van der Waals surface area contributed by atoms with Crippen molar-refractivity contribution in [3.8, 4) is 0 Å². The Kier molecular flexibility index (Phi) is 8.98. The highest BCUT2D eigenvalue weighted by Crippen LogP contribution is 2.23. The van der Waals surface area contributed by atoms with Crippen molar-refractivity contribution in [3.05, 3.63) is 0 Å². The van der Waals surface area contributed by atoms with Crippen molar-refractivity contribution >= 4 is 29.4 Å². The summed E-state index contributed by atoms with van der Waals surface area (Å²) < 4.78 is 0. The van der Waals surface area contributed by atoms with E-state index in [9.17, 15) is 4.79 Å². The summed E-state index contributed by atoms with van der Waals surface area (Å²) in [5, 5.41) is 3.68. The third-order valence-electron chi connectivity index (χ3n) is 3.34. The summed E-state index contributed by atoms with van der Waals surface area (Å²) in [6, 6.07) is 0. The SMILES string of the molecule is CCC(CCN)CCC(=O)NCC1CSCCS1. The molecule has 3 nitrogen and oxygen atoms in total. The summed E-state index contributed by atoms with van der Waals surface area (Å²) in [7, 11) is 0. The number of rotatable bonds is 8. The minimum Gasteiger partial charge on any atom is -0.355 e. The van der Waals surface area contributed by atoms with Crippen LogP contribution in [0.1, 0.15) is 32.6 Å². The van der Waals surface area contributed by atoms with Gasteiger partial charge in [0.2, 0.25) is 5.91 Å². The summed E-state index contributed by atoms with van der Waals surface area (Å²) in [6.07, 6.45) is 3.80. The van der Waals surface area contributed by atoms with Gasteiger partial charge in [0.05, 0.1) is 0 Å². The summed E-state index contributed by atoms with van der Waals surface area (Å²) >= 11 is 3.99. The van der Waals surface area contributed by atoms with Gasteiger partial charge in [-0.25, -0.2) is 0 Å². The molecule has 1 rings (SSSR count). The van der Waals surface area contributed by atoms with E-state index in [0.717, 1.165) is 32.4 Å². The second-order valence-corrected chi connectivity index (χ2v) is 7.32. The average molecular weight is 290 g/mol. The Balaban J connectivity index is 2.08. The van der Waals surface area contributed by atoms with Crippen LogP contribution in [-0.2, 0) is 4.79 Å². The van der Waals surface area contributed by atoms with Crippen LogP contribution >= 0.6 is 23.5 Å². The standard InChI is InChI=1S/C13H26N2OS2/c1-2-11(5-6-14)3-4-13(16)15-9-12-10-17-7-8-18-12/h11-12H,2-10,14H2,1H3,(H,15,16). The number of nitrogens with one attached hydrogen (secondary N) is 1. The molecule has 5 heteroatoms. The number of thioether (sulfide) groups is 2. The Bertz CT molecular complexity index is 222. The molecule has 0 aliphatic carbocycles. The molecule has 2 atom stereocenters. The number of carbonyl (C=O) groups is 1. The minimum atomic E-state index is 0.210. The molecule has 1 amide bonds. The highest BCUT2D eigenvalue weighted by molar-refractivity contribution is 8.06. The number of hydrogen-bond acceptors (Lipinski definition) is 4. The monoisotopic (exact) mass is 290 g/mol. The van der Waals surface area contributed by atoms with E-state index in [4.69, 9.17) is 5.73 Å². The summed E-state index contributed by atoms with van der Waals surface area (Å²) in [4.78, 5) is 11.8. The third-order valence-corrected chi connectivity index (χ3v) is 6.19. The lowest BCUT2D eigenvalue weighted by atomic mass is 9.96. The van der Waals surface area contributed by atoms with Crippen LogP contribution in [0.3, 0.4) is 0 Å². The van der Waals surface area contributed by atoms with Gasteiger partial charge in [-0.3, -0.25) is 4.79 Å². The second-order valence-electron chi connectivity index (χ2n) is 4.76. The smallest absolute Gasteiger partial charge is 0.220 e. The fourth-order valence-corrected chi connectivity index (χ4v) is 4.71. The zero-order valence-electron chi connectivity index (χ0n) is 11.3. The van der Waals surface area contributed by atoms with Gasteiger partial charge in [0.25, 0.3) is 0 Å². The van der Waals surface area contributed by atoms with Gasteiger partial charge in [-0.1, -0.05) is 13.3 Å². The van der Waals surface area contributed by atoms with Gasteiger partial charge in [-0.2, -0.15) is 23.5 Å². The van der Waals surface area contributed by atoms with Crippen molar-refractivity contribution in [2.45, 2.75) is 37.9 Å². The maximum Gasteiger partial charge on any atom is 0.220 e. The predicted molar refractivity (Wildman–Crippen MR) is 83.3 cm³/mol. The molecule has 0 radical (unpaired) electrons. The zero-order valence-corrected chi connectivity index (χ0v) is 13.0. The van der Waals surface area contributed by atoms with Crippen LogP contribution in [0.25, 0.3) is 0 Å². The molecule has 1 aliphatic heterocycles. The zero-order chi connectivity index (χ0) is 13.2. The molecule has 1 aliphatic rings. The van der Waals surface area contributed by atoms with Crippen molar-refractivity contribution in [2.75, 3.05) is 30.3 Å². The van der Waals surface area contributed by atoms with Crippen LogP contribution in [0, 0.1) is 5.92 Å². The van der Waals surface area contributed by atoms with Crippen LogP contribution in [0.2, 0.25) is 0 Å². The predicted octanol–water partition coefficient (Wildman–Crippen LogP) is 2.11. The summed E-state index contributed by atoms with van der Waals surface area (Å²) in [5.74, 6) is 4.48. The van der Waals surface area contributed by atoms with Gasteiger partial charge in [-0.05, 0) is 25.3 Å². The number of nitrogens with two attached hydrogens (primary N) is 1. The molecule has 106 valence electrons. The van der Waals surface area contributed by atoms with E-state index in [-0.39, 0.29) is 5.91 Å². The Labute approximate surface area is 119 Å². The molecule has 0 aromatic rings. The first-order chi connectivity index (χ1) is 8.76. The molecule has 2 unspecified atom stereocenters. The Morgan fingerprint density at radius 3 is 2.89 bits per heavy atom. The first-order valence-electron chi connectivity index (χ1n) is 6.92. The van der Waals surface area contributed by atoms with Crippen LogP contribution in [-0.4, -0.2) is 41.5 Å². The Hall–Kier alpha value is 0.130. The minimum absolute atomic E-state index is 0.210. The van der Waals surface area contributed by atoms with Crippen LogP contribution < -0.4 is 11.1 Å². The topological polar surface area (TPSA) is 55.1 Å². The fourth-order valence-electron chi connectivity index (χ4n) is 2.09. The Morgan fingerprint density at radius 2 is 2.28 bits per heavy atom. The van der Waals surface area contributed by atoms with E-state index in [1.807, 2.05) is 23.5 Å². The molecule has 0 aromatic carbocycles. The van der Waals surface area contributed by atoms with Crippen molar-refractivity contribution < 1.29 is 4.79 Å². The van der Waals surface area contributed by atoms with Crippen molar-refractivity contribution in [1.82, 2.24) is 5.32 Å². The molecule has 0 saturated carbocycles. The normalized spacial score (nSPS) is 21.6. The number of carbonyl (C=O) groups excluding carboxylic acids is 1. The summed E-state index contributed by atoms with van der Waals surface area (Å²) in [5.41, 5.74) is 5.56. The maximum absolute atomic E-state index is 11.8. The first kappa shape index (κ1) is 16.2. The van der Waals surface area contributed by atoms with E-state index < -0.39 is 0 Å². The van der Waals surface area contributed by atoms with E-state index in [0.29, 0.717) is 17.6 Å². The van der Waals surface area contributed by atoms with Gasteiger partial charge in [0.15, 0.2) is 0 Å². The second kappa shape index (κ2) is 9.98. The molecule has 3 N–H and O–H groups in total. The molecule has 0 bridgehead atoms. The molecule has 1 fully saturated rings. The van der Waals surface area contributed by atoms with Gasteiger partial charge < -0.3 is 11.1 Å². The lowest BCUT2D eigenvalue weighted by Crippen LogP contribution is -2.33. The van der Waals surface area contributed by atoms with Gasteiger partial charge in [0, 0.05) is 35.5 Å². The van der Waals surface area contributed by atoms with Gasteiger partial charge in [-0.15, -0.1) is 0 Å². The molecule has 1 heterocycles. The molecule has 0 spiro atoms. The highest BCUT2D eigenvalue weighted by atomic mass is 32.2. The molecule has 0 aromatic heterocycles. The number of amides is 1. The van der Waals surface area contributed by atoms with Crippen molar-refractivity contribution in [1.29, 1.82) is 0 Å². The third kappa shape index (κ3) is 6.90. The van der Waals surface area contributed by atoms with Crippen molar-refractivity contribution in [3.63, 3.8) is 0 Å². The molecule has 18 heavy (non-hydrogen) atoms. The maximum atomic E-state index is 11.8. The fraction of sp³-hybridized carbons (Fsp3) is 0.923. The largest absolute Gasteiger partial charge is 0.355 e. The average Bonchev–Trinajstić information content (AvgIpc) is 2.42. The van der Waals surface area contributed by atoms with E-state index >= 15 is 0 Å². The van der Waals surface area contributed by atoms with Crippen LogP contribution in [0.15, 0.2) is 0 Å². The number of hydrogen-bond donors (Lipinski definition) is 2. The first-order valence-corrected chi connectivity index (χ1v) is 9.12. The molecular weight excluding hydrogens is 264 g/mol. The van der Waals surface area contributed by atoms with E-state index in [1.54, 1.807) is 0 Å². The summed E-state index contributed by atoms with van der Waals surface area (Å²) in [6.45, 7) is 3.74. The molecular formula is C13H26N2OS2. The lowest BCUT2D eigenvalue weighted by molar-refractivity contribution is -0.121. The molecule has 1 saturated heterocycles. The van der Waals surface area contributed by atoms with Crippen LogP contribution in [0.5, 0.6) is 0 Å². The lowest BCUT2D eigenvalue weighted by Gasteiger charge is -2.21. The van der Waals surface area contributed by atoms with E-state index in [2.05, 4.69) is 12.2 Å². The van der Waals surface area contributed by atoms with E-state index in [1.165, 1.54) is 17.3 Å². The highest BCUT2D eigenvalue weighted by Gasteiger charge is 2.15. The van der Waals surface area contributed by atoms with Gasteiger partial charge >= 0.3 is 0 Å². The van der Waals surface area contributed by atoms with Crippen LogP contribution in [0.4, 0.5) is 0 Å². The van der Waals surface area contributed by atoms with Gasteiger partial charge in [0.1, 0.15) is 0 Å². The Morgan fingerprint density at radius 1 is 1.44 bits per heavy atom. The quantitative estimate of drug-likeness (QED) is 0.719. The van der Waals surface area contributed by atoms with Crippen molar-refractivity contribution in [2.24, 2.45) is 11.7 Å².